The molecule has 0 saturated heterocycles. The summed E-state index contributed by atoms with van der Waals surface area (Å²) < 4.78 is 0. The van der Waals surface area contributed by atoms with Crippen LogP contribution in [0.25, 0.3) is 11.1 Å². The Balaban J connectivity index is 1.52. The molecule has 0 unspecified atom stereocenters. The second-order valence-electron chi connectivity index (χ2n) is 7.40. The maximum Gasteiger partial charge on any atom is 0.227 e. The topological polar surface area (TPSA) is 50.3 Å². The fraction of sp³-hybridized carbons (Fsp3) is 0.208. The Morgan fingerprint density at radius 3 is 2.66 bits per heavy atom. The highest BCUT2D eigenvalue weighted by molar-refractivity contribution is 6.30. The van der Waals surface area contributed by atoms with Crippen LogP contribution in [0.5, 0.6) is 0 Å². The predicted molar refractivity (Wildman–Crippen MR) is 115 cm³/mol. The average Bonchev–Trinajstić information content (AvgIpc) is 2.71. The van der Waals surface area contributed by atoms with Crippen LogP contribution in [-0.4, -0.2) is 23.7 Å². The van der Waals surface area contributed by atoms with Crippen molar-refractivity contribution in [2.45, 2.75) is 25.7 Å². The van der Waals surface area contributed by atoms with Crippen LogP contribution >= 0.6 is 11.6 Å². The highest BCUT2D eigenvalue weighted by atomic mass is 35.5. The number of amides is 1. The Kier molecular flexibility index (Phi) is 5.45. The fourth-order valence-electron chi connectivity index (χ4n) is 3.74. The Morgan fingerprint density at radius 1 is 1.00 bits per heavy atom. The minimum atomic E-state index is 0.122. The monoisotopic (exact) mass is 404 g/mol. The molecule has 3 aromatic rings. The van der Waals surface area contributed by atoms with Crippen LogP contribution in [-0.2, 0) is 28.9 Å². The number of benzene rings is 2. The second-order valence-corrected chi connectivity index (χ2v) is 7.84. The molecule has 4 nitrogen and oxygen atoms in total. The summed E-state index contributed by atoms with van der Waals surface area (Å²) in [6.45, 7) is 0. The van der Waals surface area contributed by atoms with Gasteiger partial charge in [-0.3, -0.25) is 14.6 Å². The summed E-state index contributed by atoms with van der Waals surface area (Å²) in [6, 6.07) is 15.5. The van der Waals surface area contributed by atoms with Gasteiger partial charge in [0.25, 0.3) is 0 Å². The predicted octanol–water partition coefficient (Wildman–Crippen LogP) is 4.67. The van der Waals surface area contributed by atoms with Gasteiger partial charge in [-0.2, -0.15) is 0 Å². The van der Waals surface area contributed by atoms with Crippen molar-refractivity contribution in [3.8, 4) is 11.1 Å². The maximum atomic E-state index is 12.5. The normalized spacial score (nSPS) is 13.3. The molecule has 1 aliphatic rings. The quantitative estimate of drug-likeness (QED) is 0.621. The molecule has 1 amide bonds. The molecule has 2 heterocycles. The molecule has 0 saturated carbocycles. The van der Waals surface area contributed by atoms with E-state index in [1.54, 1.807) is 17.2 Å². The summed E-state index contributed by atoms with van der Waals surface area (Å²) in [7, 11) is 1.81. The molecule has 0 spiro atoms. The summed E-state index contributed by atoms with van der Waals surface area (Å²) in [5, 5.41) is 0.638. The number of hydrogen-bond acceptors (Lipinski definition) is 3. The third-order valence-electron chi connectivity index (χ3n) is 5.24. The van der Waals surface area contributed by atoms with Gasteiger partial charge in [0.1, 0.15) is 5.78 Å². The van der Waals surface area contributed by atoms with Gasteiger partial charge < -0.3 is 4.90 Å². The van der Waals surface area contributed by atoms with Gasteiger partial charge >= 0.3 is 0 Å². The van der Waals surface area contributed by atoms with E-state index in [1.165, 1.54) is 0 Å². The number of halogens is 1. The zero-order valence-electron chi connectivity index (χ0n) is 16.2. The highest BCUT2D eigenvalue weighted by Crippen LogP contribution is 2.31. The molecule has 2 aromatic carbocycles. The third-order valence-corrected chi connectivity index (χ3v) is 5.48. The minimum absolute atomic E-state index is 0.122. The minimum Gasteiger partial charge on any atom is -0.315 e. The van der Waals surface area contributed by atoms with Gasteiger partial charge in [-0.25, -0.2) is 0 Å². The molecule has 0 aliphatic carbocycles. The van der Waals surface area contributed by atoms with Gasteiger partial charge in [0.05, 0.1) is 0 Å². The maximum absolute atomic E-state index is 12.5. The summed E-state index contributed by atoms with van der Waals surface area (Å²) in [5.74, 6) is 0.268. The summed E-state index contributed by atoms with van der Waals surface area (Å²) in [5.41, 5.74) is 5.95. The number of carbonyl (C=O) groups excluding carboxylic acids is 2. The van der Waals surface area contributed by atoms with E-state index in [-0.39, 0.29) is 11.7 Å². The van der Waals surface area contributed by atoms with Crippen LogP contribution in [0, 0.1) is 0 Å². The van der Waals surface area contributed by atoms with Crippen molar-refractivity contribution in [3.63, 3.8) is 0 Å². The van der Waals surface area contributed by atoms with Crippen molar-refractivity contribution < 1.29 is 9.59 Å². The van der Waals surface area contributed by atoms with Crippen molar-refractivity contribution in [2.24, 2.45) is 0 Å². The standard InChI is InChI=1S/C24H21ClN2O2/c1-27-23-7-5-18(13-19(23)6-8-24(27)29)20-9-17(14-26-15-20)12-22(28)11-16-3-2-4-21(25)10-16/h2-5,7,9-10,13-15H,6,8,11-12H2,1H3. The SMILES string of the molecule is CN1C(=O)CCc2cc(-c3cncc(CC(=O)Cc4cccc(Cl)c4)c3)ccc21. The molecule has 0 atom stereocenters. The van der Waals surface area contributed by atoms with Crippen LogP contribution in [0.2, 0.25) is 5.02 Å². The first kappa shape index (κ1) is 19.3. The van der Waals surface area contributed by atoms with E-state index in [4.69, 9.17) is 11.6 Å². The van der Waals surface area contributed by atoms with Crippen LogP contribution in [0.15, 0.2) is 60.9 Å². The lowest BCUT2D eigenvalue weighted by Gasteiger charge is -2.26. The zero-order chi connectivity index (χ0) is 20.4. The van der Waals surface area contributed by atoms with Crippen molar-refractivity contribution in [3.05, 3.63) is 82.6 Å². The Morgan fingerprint density at radius 2 is 1.83 bits per heavy atom. The van der Waals surface area contributed by atoms with Gasteiger partial charge in [-0.15, -0.1) is 0 Å². The molecule has 5 heteroatoms. The highest BCUT2D eigenvalue weighted by Gasteiger charge is 2.21. The Labute approximate surface area is 175 Å². The molecule has 0 radical (unpaired) electrons. The Bertz CT molecular complexity index is 1090. The van der Waals surface area contributed by atoms with E-state index in [9.17, 15) is 9.59 Å². The molecule has 29 heavy (non-hydrogen) atoms. The Hall–Kier alpha value is -2.98. The van der Waals surface area contributed by atoms with Crippen LogP contribution < -0.4 is 4.90 Å². The molecule has 0 bridgehead atoms. The van der Waals surface area contributed by atoms with Gasteiger partial charge in [0.15, 0.2) is 0 Å². The van der Waals surface area contributed by atoms with Crippen molar-refractivity contribution in [1.29, 1.82) is 0 Å². The molecule has 4 rings (SSSR count). The van der Waals surface area contributed by atoms with Crippen molar-refractivity contribution >= 4 is 29.0 Å². The van der Waals surface area contributed by atoms with E-state index in [0.29, 0.717) is 24.3 Å². The molecule has 0 fully saturated rings. The van der Waals surface area contributed by atoms with E-state index in [1.807, 2.05) is 49.6 Å². The number of nitrogens with zero attached hydrogens (tertiary/aromatic N) is 2. The number of aromatic nitrogens is 1. The largest absolute Gasteiger partial charge is 0.315 e. The zero-order valence-corrected chi connectivity index (χ0v) is 16.9. The number of hydrogen-bond donors (Lipinski definition) is 0. The average molecular weight is 405 g/mol. The second kappa shape index (κ2) is 8.18. The van der Waals surface area contributed by atoms with Gasteiger partial charge in [0, 0.05) is 55.0 Å². The molecule has 0 N–H and O–H groups in total. The van der Waals surface area contributed by atoms with Crippen molar-refractivity contribution in [2.75, 3.05) is 11.9 Å². The van der Waals surface area contributed by atoms with Crippen LogP contribution in [0.4, 0.5) is 5.69 Å². The number of aryl methyl sites for hydroxylation is 1. The molecular formula is C24H21ClN2O2. The third kappa shape index (κ3) is 4.38. The van der Waals surface area contributed by atoms with E-state index >= 15 is 0 Å². The van der Waals surface area contributed by atoms with E-state index in [0.717, 1.165) is 39.9 Å². The number of fused-ring (bicyclic) bond motifs is 1. The molecule has 1 aromatic heterocycles. The fourth-order valence-corrected chi connectivity index (χ4v) is 3.96. The number of carbonyl (C=O) groups is 2. The van der Waals surface area contributed by atoms with Crippen molar-refractivity contribution in [1.82, 2.24) is 4.98 Å². The number of ketones is 1. The lowest BCUT2D eigenvalue weighted by Crippen LogP contribution is -2.30. The number of rotatable bonds is 5. The lowest BCUT2D eigenvalue weighted by molar-refractivity contribution is -0.119. The molecule has 146 valence electrons. The number of pyridine rings is 1. The summed E-state index contributed by atoms with van der Waals surface area (Å²) in [4.78, 5) is 30.4. The summed E-state index contributed by atoms with van der Waals surface area (Å²) in [6.07, 6.45) is 5.51. The van der Waals surface area contributed by atoms with E-state index in [2.05, 4.69) is 11.1 Å². The van der Waals surface area contributed by atoms with Crippen LogP contribution in [0.3, 0.4) is 0 Å². The van der Waals surface area contributed by atoms with Gasteiger partial charge in [0.2, 0.25) is 5.91 Å². The number of anilines is 1. The first-order valence-corrected chi connectivity index (χ1v) is 9.97. The number of Topliss-reactive ketones (excluding diaryl/α,β-unsaturated/α-hetero) is 1. The molecule has 1 aliphatic heterocycles. The van der Waals surface area contributed by atoms with Gasteiger partial charge in [-0.1, -0.05) is 29.8 Å². The lowest BCUT2D eigenvalue weighted by atomic mass is 9.95. The van der Waals surface area contributed by atoms with Crippen LogP contribution in [0.1, 0.15) is 23.1 Å². The first-order chi connectivity index (χ1) is 14.0. The first-order valence-electron chi connectivity index (χ1n) is 9.59. The summed E-state index contributed by atoms with van der Waals surface area (Å²) >= 11 is 6.00. The van der Waals surface area contributed by atoms with E-state index < -0.39 is 0 Å². The van der Waals surface area contributed by atoms with Gasteiger partial charge in [-0.05, 0) is 59.0 Å². The smallest absolute Gasteiger partial charge is 0.227 e. The molecular weight excluding hydrogens is 384 g/mol.